The van der Waals surface area contributed by atoms with Crippen LogP contribution in [0.25, 0.3) is 0 Å². The van der Waals surface area contributed by atoms with Gasteiger partial charge in [-0.2, -0.15) is 0 Å². The molecular formula is C14H10F2O4S. The van der Waals surface area contributed by atoms with Gasteiger partial charge in [-0.05, 0) is 35.9 Å². The molecule has 0 saturated carbocycles. The molecule has 0 saturated heterocycles. The van der Waals surface area contributed by atoms with Crippen LogP contribution in [0.4, 0.5) is 8.78 Å². The number of aromatic carboxylic acids is 1. The molecule has 0 unspecified atom stereocenters. The Bertz CT molecular complexity index is 800. The number of halogens is 2. The van der Waals surface area contributed by atoms with Crippen LogP contribution in [0.1, 0.15) is 15.9 Å². The predicted octanol–water partition coefficient (Wildman–Crippen LogP) is 2.64. The number of hydrogen-bond acceptors (Lipinski definition) is 3. The summed E-state index contributed by atoms with van der Waals surface area (Å²) in [7, 11) is -4.12. The molecule has 2 rings (SSSR count). The molecule has 21 heavy (non-hydrogen) atoms. The largest absolute Gasteiger partial charge is 0.478 e. The van der Waals surface area contributed by atoms with Crippen LogP contribution in [0.3, 0.4) is 0 Å². The van der Waals surface area contributed by atoms with Gasteiger partial charge in [0.05, 0.1) is 11.3 Å². The highest BCUT2D eigenvalue weighted by Gasteiger charge is 2.22. The van der Waals surface area contributed by atoms with E-state index in [1.54, 1.807) is 0 Å². The van der Waals surface area contributed by atoms with Gasteiger partial charge in [0.1, 0.15) is 16.5 Å². The van der Waals surface area contributed by atoms with Crippen molar-refractivity contribution in [1.82, 2.24) is 0 Å². The average Bonchev–Trinajstić information content (AvgIpc) is 2.38. The van der Waals surface area contributed by atoms with E-state index in [2.05, 4.69) is 0 Å². The van der Waals surface area contributed by atoms with Gasteiger partial charge in [0.25, 0.3) is 0 Å². The first-order valence-corrected chi connectivity index (χ1v) is 7.45. The van der Waals surface area contributed by atoms with Gasteiger partial charge in [-0.15, -0.1) is 0 Å². The summed E-state index contributed by atoms with van der Waals surface area (Å²) < 4.78 is 51.0. The normalized spacial score (nSPS) is 11.3. The van der Waals surface area contributed by atoms with Crippen molar-refractivity contribution in [2.45, 2.75) is 10.6 Å². The number of sulfone groups is 1. The minimum atomic E-state index is -4.12. The number of rotatable bonds is 4. The molecule has 7 heteroatoms. The molecule has 4 nitrogen and oxygen atoms in total. The first-order valence-electron chi connectivity index (χ1n) is 5.79. The van der Waals surface area contributed by atoms with Gasteiger partial charge in [-0.3, -0.25) is 0 Å². The molecule has 0 aliphatic rings. The zero-order valence-electron chi connectivity index (χ0n) is 10.6. The van der Waals surface area contributed by atoms with E-state index in [1.165, 1.54) is 12.1 Å². The first-order chi connectivity index (χ1) is 9.79. The Morgan fingerprint density at radius 1 is 1.10 bits per heavy atom. The zero-order valence-corrected chi connectivity index (χ0v) is 11.4. The lowest BCUT2D eigenvalue weighted by molar-refractivity contribution is 0.0696. The molecule has 0 spiro atoms. The summed E-state index contributed by atoms with van der Waals surface area (Å²) in [6.07, 6.45) is 0. The highest BCUT2D eigenvalue weighted by atomic mass is 32.2. The Hall–Kier alpha value is -2.28. The Balaban J connectivity index is 2.44. The van der Waals surface area contributed by atoms with E-state index in [4.69, 9.17) is 5.11 Å². The van der Waals surface area contributed by atoms with Gasteiger partial charge >= 0.3 is 5.97 Å². The maximum Gasteiger partial charge on any atom is 0.335 e. The fourth-order valence-corrected chi connectivity index (χ4v) is 3.24. The summed E-state index contributed by atoms with van der Waals surface area (Å²) in [6.45, 7) is 0. The van der Waals surface area contributed by atoms with E-state index in [0.717, 1.165) is 30.3 Å². The van der Waals surface area contributed by atoms with Crippen LogP contribution in [0.2, 0.25) is 0 Å². The maximum absolute atomic E-state index is 13.7. The molecular weight excluding hydrogens is 302 g/mol. The van der Waals surface area contributed by atoms with E-state index in [1.807, 2.05) is 0 Å². The van der Waals surface area contributed by atoms with Crippen molar-refractivity contribution >= 4 is 15.8 Å². The minimum Gasteiger partial charge on any atom is -0.478 e. The van der Waals surface area contributed by atoms with Crippen molar-refractivity contribution in [2.24, 2.45) is 0 Å². The monoisotopic (exact) mass is 312 g/mol. The van der Waals surface area contributed by atoms with Gasteiger partial charge in [-0.1, -0.05) is 12.1 Å². The molecule has 0 heterocycles. The molecule has 110 valence electrons. The van der Waals surface area contributed by atoms with Crippen LogP contribution in [0.5, 0.6) is 0 Å². The molecule has 0 aromatic heterocycles. The topological polar surface area (TPSA) is 71.4 Å². The van der Waals surface area contributed by atoms with E-state index in [9.17, 15) is 22.0 Å². The van der Waals surface area contributed by atoms with Gasteiger partial charge in [0, 0.05) is 0 Å². The average molecular weight is 312 g/mol. The standard InChI is InChI=1S/C14H10F2O4S/c15-11-3-1-2-9(6-11)8-21(19,20)13-7-10(14(17)18)4-5-12(13)16/h1-7H,8H2,(H,17,18). The lowest BCUT2D eigenvalue weighted by Crippen LogP contribution is -2.09. The quantitative estimate of drug-likeness (QED) is 0.942. The Kier molecular flexibility index (Phi) is 4.04. The van der Waals surface area contributed by atoms with Crippen molar-refractivity contribution in [3.8, 4) is 0 Å². The summed E-state index contributed by atoms with van der Waals surface area (Å²) in [5.74, 6) is -3.64. The predicted molar refractivity (Wildman–Crippen MR) is 70.6 cm³/mol. The summed E-state index contributed by atoms with van der Waals surface area (Å²) in [5.41, 5.74) is -0.190. The molecule has 2 aromatic carbocycles. The zero-order chi connectivity index (χ0) is 15.6. The fourth-order valence-electron chi connectivity index (χ4n) is 1.80. The number of carboxylic acids is 1. The number of carbonyl (C=O) groups is 1. The third kappa shape index (κ3) is 3.43. The third-order valence-corrected chi connectivity index (χ3v) is 4.46. The van der Waals surface area contributed by atoms with Crippen molar-refractivity contribution < 1.29 is 27.1 Å². The Morgan fingerprint density at radius 2 is 1.81 bits per heavy atom. The molecule has 0 aliphatic carbocycles. The van der Waals surface area contributed by atoms with Crippen LogP contribution in [-0.2, 0) is 15.6 Å². The van der Waals surface area contributed by atoms with Gasteiger partial charge in [0.2, 0.25) is 0 Å². The van der Waals surface area contributed by atoms with Crippen molar-refractivity contribution in [3.05, 3.63) is 65.2 Å². The van der Waals surface area contributed by atoms with Crippen LogP contribution in [0, 0.1) is 11.6 Å². The van der Waals surface area contributed by atoms with Crippen LogP contribution in [-0.4, -0.2) is 19.5 Å². The second-order valence-electron chi connectivity index (χ2n) is 4.34. The van der Waals surface area contributed by atoms with Crippen molar-refractivity contribution in [2.75, 3.05) is 0 Å². The third-order valence-electron chi connectivity index (χ3n) is 2.76. The maximum atomic E-state index is 13.7. The van der Waals surface area contributed by atoms with E-state index in [-0.39, 0.29) is 11.1 Å². The summed E-state index contributed by atoms with van der Waals surface area (Å²) in [5, 5.41) is 8.83. The summed E-state index contributed by atoms with van der Waals surface area (Å²) in [6, 6.07) is 7.41. The summed E-state index contributed by atoms with van der Waals surface area (Å²) >= 11 is 0. The number of benzene rings is 2. The van der Waals surface area contributed by atoms with Gasteiger partial charge in [-0.25, -0.2) is 22.0 Å². The summed E-state index contributed by atoms with van der Waals surface area (Å²) in [4.78, 5) is 10.1. The van der Waals surface area contributed by atoms with Crippen molar-refractivity contribution in [1.29, 1.82) is 0 Å². The molecule has 0 fully saturated rings. The molecule has 0 atom stereocenters. The molecule has 1 N–H and O–H groups in total. The van der Waals surface area contributed by atoms with E-state index in [0.29, 0.717) is 0 Å². The molecule has 0 amide bonds. The van der Waals surface area contributed by atoms with E-state index < -0.39 is 38.1 Å². The molecule has 0 aliphatic heterocycles. The second-order valence-corrected chi connectivity index (χ2v) is 6.30. The van der Waals surface area contributed by atoms with E-state index >= 15 is 0 Å². The molecule has 2 aromatic rings. The molecule has 0 radical (unpaired) electrons. The molecule has 0 bridgehead atoms. The Morgan fingerprint density at radius 3 is 2.43 bits per heavy atom. The van der Waals surface area contributed by atoms with Gasteiger partial charge < -0.3 is 5.11 Å². The minimum absolute atomic E-state index is 0.148. The Labute approximate surface area is 119 Å². The van der Waals surface area contributed by atoms with Crippen LogP contribution < -0.4 is 0 Å². The number of hydrogen-bond donors (Lipinski definition) is 1. The number of carboxylic acid groups (broad SMARTS) is 1. The lowest BCUT2D eigenvalue weighted by atomic mass is 10.2. The smallest absolute Gasteiger partial charge is 0.335 e. The highest BCUT2D eigenvalue weighted by molar-refractivity contribution is 7.90. The van der Waals surface area contributed by atoms with Crippen LogP contribution in [0.15, 0.2) is 47.4 Å². The lowest BCUT2D eigenvalue weighted by Gasteiger charge is -2.07. The van der Waals surface area contributed by atoms with Gasteiger partial charge in [0.15, 0.2) is 9.84 Å². The SMILES string of the molecule is O=C(O)c1ccc(F)c(S(=O)(=O)Cc2cccc(F)c2)c1. The first kappa shape index (κ1) is 15.1. The highest BCUT2D eigenvalue weighted by Crippen LogP contribution is 2.21. The van der Waals surface area contributed by atoms with Crippen molar-refractivity contribution in [3.63, 3.8) is 0 Å². The van der Waals surface area contributed by atoms with Crippen LogP contribution >= 0.6 is 0 Å². The fraction of sp³-hybridized carbons (Fsp3) is 0.0714. The second kappa shape index (κ2) is 5.61.